The Kier molecular flexibility index (Phi) is 4.80. The number of carbonyl (C=O) groups excluding carboxylic acids is 1. The van der Waals surface area contributed by atoms with Crippen LogP contribution in [0.25, 0.3) is 0 Å². The molecule has 0 saturated carbocycles. The molecule has 4 heteroatoms. The van der Waals surface area contributed by atoms with Gasteiger partial charge in [0.2, 0.25) is 0 Å². The highest BCUT2D eigenvalue weighted by Gasteiger charge is 2.34. The van der Waals surface area contributed by atoms with E-state index < -0.39 is 0 Å². The predicted octanol–water partition coefficient (Wildman–Crippen LogP) is 4.09. The van der Waals surface area contributed by atoms with Gasteiger partial charge in [0.1, 0.15) is 12.4 Å². The van der Waals surface area contributed by atoms with Crippen molar-refractivity contribution in [3.8, 4) is 5.75 Å². The number of amides is 1. The van der Waals surface area contributed by atoms with Gasteiger partial charge in [-0.2, -0.15) is 0 Å². The van der Waals surface area contributed by atoms with E-state index in [2.05, 4.69) is 32.7 Å². The highest BCUT2D eigenvalue weighted by atomic mass is 16.5. The fourth-order valence-corrected chi connectivity index (χ4v) is 3.01. The third-order valence-corrected chi connectivity index (χ3v) is 4.96. The van der Waals surface area contributed by atoms with Crippen molar-refractivity contribution in [3.05, 3.63) is 59.4 Å². The van der Waals surface area contributed by atoms with Crippen LogP contribution in [0, 0.1) is 5.41 Å². The van der Waals surface area contributed by atoms with Crippen LogP contribution in [-0.2, 0) is 13.0 Å². The van der Waals surface area contributed by atoms with Crippen molar-refractivity contribution in [3.63, 3.8) is 0 Å². The summed E-state index contributed by atoms with van der Waals surface area (Å²) in [4.78, 5) is 19.5. The molecule has 0 radical (unpaired) electrons. The Morgan fingerprint density at radius 2 is 1.88 bits per heavy atom. The smallest absolute Gasteiger partial charge is 0.255 e. The molecule has 2 heterocycles. The molecule has 0 spiro atoms. The van der Waals surface area contributed by atoms with Gasteiger partial charge in [-0.15, -0.1) is 0 Å². The molecule has 2 aromatic rings. The zero-order valence-corrected chi connectivity index (χ0v) is 15.5. The number of aromatic nitrogens is 1. The number of pyridine rings is 1. The van der Waals surface area contributed by atoms with Crippen LogP contribution in [0.4, 0.5) is 0 Å². The monoisotopic (exact) mass is 338 g/mol. The minimum atomic E-state index is 0.0596. The zero-order valence-electron chi connectivity index (χ0n) is 15.5. The lowest BCUT2D eigenvalue weighted by Gasteiger charge is -2.40. The summed E-state index contributed by atoms with van der Waals surface area (Å²) in [5, 5.41) is 0. The first-order valence-electron chi connectivity index (χ1n) is 8.84. The van der Waals surface area contributed by atoms with E-state index >= 15 is 0 Å². The molecule has 132 valence electrons. The maximum atomic E-state index is 12.9. The second-order valence-corrected chi connectivity index (χ2v) is 7.69. The molecule has 3 rings (SSSR count). The van der Waals surface area contributed by atoms with E-state index in [0.717, 1.165) is 35.7 Å². The first-order chi connectivity index (χ1) is 11.9. The Morgan fingerprint density at radius 3 is 2.56 bits per heavy atom. The quantitative estimate of drug-likeness (QED) is 0.843. The lowest BCUT2D eigenvalue weighted by molar-refractivity contribution is 0.0530. The normalized spacial score (nSPS) is 15.7. The second kappa shape index (κ2) is 6.87. The molecule has 1 aromatic heterocycles. The maximum Gasteiger partial charge on any atom is 0.255 e. The fraction of sp³-hybridized carbons (Fsp3) is 0.429. The number of benzene rings is 1. The lowest BCUT2D eigenvalue weighted by atomic mass is 9.85. The molecule has 0 unspecified atom stereocenters. The second-order valence-electron chi connectivity index (χ2n) is 7.69. The van der Waals surface area contributed by atoms with E-state index in [4.69, 9.17) is 4.74 Å². The molecule has 0 aliphatic carbocycles. The van der Waals surface area contributed by atoms with Gasteiger partial charge in [-0.05, 0) is 36.6 Å². The Morgan fingerprint density at radius 1 is 1.16 bits per heavy atom. The van der Waals surface area contributed by atoms with Crippen LogP contribution in [0.15, 0.2) is 42.5 Å². The van der Waals surface area contributed by atoms with Crippen LogP contribution < -0.4 is 4.74 Å². The van der Waals surface area contributed by atoms with E-state index in [1.165, 1.54) is 0 Å². The van der Waals surface area contributed by atoms with Gasteiger partial charge in [0.25, 0.3) is 5.91 Å². The summed E-state index contributed by atoms with van der Waals surface area (Å²) in [7, 11) is 0. The molecular weight excluding hydrogens is 312 g/mol. The summed E-state index contributed by atoms with van der Waals surface area (Å²) in [5.41, 5.74) is 2.53. The summed E-state index contributed by atoms with van der Waals surface area (Å²) in [6, 6.07) is 13.7. The van der Waals surface area contributed by atoms with E-state index in [0.29, 0.717) is 6.61 Å². The average Bonchev–Trinajstić information content (AvgIpc) is 2.60. The van der Waals surface area contributed by atoms with Gasteiger partial charge in [0.05, 0.1) is 17.0 Å². The SMILES string of the molecule is C[C@H](N1CCc2nc(COc3ccccc3)ccc2C1=O)C(C)(C)C. The van der Waals surface area contributed by atoms with Crippen molar-refractivity contribution < 1.29 is 9.53 Å². The highest BCUT2D eigenvalue weighted by Crippen LogP contribution is 2.28. The number of nitrogens with zero attached hydrogens (tertiary/aromatic N) is 2. The van der Waals surface area contributed by atoms with Crippen molar-refractivity contribution in [2.75, 3.05) is 6.54 Å². The summed E-state index contributed by atoms with van der Waals surface area (Å²) < 4.78 is 5.76. The van der Waals surface area contributed by atoms with Crippen molar-refractivity contribution in [2.24, 2.45) is 5.41 Å². The van der Waals surface area contributed by atoms with Gasteiger partial charge in [-0.3, -0.25) is 9.78 Å². The van der Waals surface area contributed by atoms with E-state index in [9.17, 15) is 4.79 Å². The van der Waals surface area contributed by atoms with Crippen molar-refractivity contribution in [2.45, 2.75) is 46.8 Å². The van der Waals surface area contributed by atoms with Crippen LogP contribution in [0.3, 0.4) is 0 Å². The summed E-state index contributed by atoms with van der Waals surface area (Å²) >= 11 is 0. The molecule has 1 aromatic carbocycles. The molecule has 0 saturated heterocycles. The van der Waals surface area contributed by atoms with Crippen LogP contribution in [0.1, 0.15) is 49.4 Å². The maximum absolute atomic E-state index is 12.9. The topological polar surface area (TPSA) is 42.4 Å². The molecule has 0 bridgehead atoms. The largest absolute Gasteiger partial charge is 0.487 e. The molecule has 1 atom stereocenters. The third kappa shape index (κ3) is 3.84. The summed E-state index contributed by atoms with van der Waals surface area (Å²) in [5.74, 6) is 0.912. The Bertz CT molecular complexity index is 750. The first kappa shape index (κ1) is 17.5. The molecular formula is C21H26N2O2. The highest BCUT2D eigenvalue weighted by molar-refractivity contribution is 5.96. The van der Waals surface area contributed by atoms with Gasteiger partial charge in [-0.1, -0.05) is 39.0 Å². The number of ether oxygens (including phenoxy) is 1. The van der Waals surface area contributed by atoms with Gasteiger partial charge < -0.3 is 9.64 Å². The third-order valence-electron chi connectivity index (χ3n) is 4.96. The number of fused-ring (bicyclic) bond motifs is 1. The van der Waals surface area contributed by atoms with Crippen molar-refractivity contribution >= 4 is 5.91 Å². The number of para-hydroxylation sites is 1. The van der Waals surface area contributed by atoms with Crippen molar-refractivity contribution in [1.29, 1.82) is 0 Å². The van der Waals surface area contributed by atoms with E-state index in [1.807, 2.05) is 47.4 Å². The Balaban J connectivity index is 1.73. The molecule has 4 nitrogen and oxygen atoms in total. The molecule has 25 heavy (non-hydrogen) atoms. The standard InChI is InChI=1S/C21H26N2O2/c1-15(21(2,3)4)23-13-12-19-18(20(23)24)11-10-16(22-19)14-25-17-8-6-5-7-9-17/h5-11,15H,12-14H2,1-4H3/t15-/m0/s1. The molecule has 1 aliphatic heterocycles. The molecule has 1 amide bonds. The van der Waals surface area contributed by atoms with Gasteiger partial charge >= 0.3 is 0 Å². The molecule has 1 aliphatic rings. The van der Waals surface area contributed by atoms with Gasteiger partial charge in [0.15, 0.2) is 0 Å². The Hall–Kier alpha value is -2.36. The van der Waals surface area contributed by atoms with Crippen LogP contribution in [-0.4, -0.2) is 28.4 Å². The van der Waals surface area contributed by atoms with E-state index in [1.54, 1.807) is 0 Å². The number of carbonyl (C=O) groups is 1. The van der Waals surface area contributed by atoms with Crippen LogP contribution >= 0.6 is 0 Å². The van der Waals surface area contributed by atoms with Crippen LogP contribution in [0.5, 0.6) is 5.75 Å². The molecule has 0 fully saturated rings. The number of hydrogen-bond donors (Lipinski definition) is 0. The average molecular weight is 338 g/mol. The number of rotatable bonds is 4. The fourth-order valence-electron chi connectivity index (χ4n) is 3.01. The zero-order chi connectivity index (χ0) is 18.0. The summed E-state index contributed by atoms with van der Waals surface area (Å²) in [6.07, 6.45) is 0.792. The van der Waals surface area contributed by atoms with E-state index in [-0.39, 0.29) is 17.4 Å². The van der Waals surface area contributed by atoms with Gasteiger partial charge in [-0.25, -0.2) is 0 Å². The lowest BCUT2D eigenvalue weighted by Crippen LogP contribution is -2.49. The molecule has 0 N–H and O–H groups in total. The van der Waals surface area contributed by atoms with Crippen LogP contribution in [0.2, 0.25) is 0 Å². The van der Waals surface area contributed by atoms with Gasteiger partial charge in [0, 0.05) is 19.0 Å². The first-order valence-corrected chi connectivity index (χ1v) is 8.84. The predicted molar refractivity (Wildman–Crippen MR) is 98.7 cm³/mol. The number of hydrogen-bond acceptors (Lipinski definition) is 3. The summed E-state index contributed by atoms with van der Waals surface area (Å²) in [6.45, 7) is 9.76. The Labute approximate surface area is 149 Å². The minimum Gasteiger partial charge on any atom is -0.487 e. The van der Waals surface area contributed by atoms with Crippen molar-refractivity contribution in [1.82, 2.24) is 9.88 Å². The minimum absolute atomic E-state index is 0.0596.